The molecule has 1 aromatic heterocycles. The van der Waals surface area contributed by atoms with Gasteiger partial charge in [0.15, 0.2) is 0 Å². The summed E-state index contributed by atoms with van der Waals surface area (Å²) in [5.41, 5.74) is 1.15. The molecule has 0 N–H and O–H groups in total. The molecule has 2 aromatic rings. The van der Waals surface area contributed by atoms with E-state index in [0.717, 1.165) is 11.4 Å². The Morgan fingerprint density at radius 1 is 1.12 bits per heavy atom. The Hall–Kier alpha value is -1.90. The molecule has 0 aliphatic heterocycles. The van der Waals surface area contributed by atoms with Gasteiger partial charge >= 0.3 is 0 Å². The van der Waals surface area contributed by atoms with Crippen molar-refractivity contribution in [2.45, 2.75) is 25.4 Å². The average Bonchev–Trinajstić information content (AvgIpc) is 3.22. The fourth-order valence-electron chi connectivity index (χ4n) is 1.71. The third-order valence-corrected chi connectivity index (χ3v) is 2.82. The van der Waals surface area contributed by atoms with Crippen molar-refractivity contribution in [3.05, 3.63) is 54.0 Å². The molecule has 17 heavy (non-hydrogen) atoms. The lowest BCUT2D eigenvalue weighted by Gasteiger charge is -2.06. The van der Waals surface area contributed by atoms with Gasteiger partial charge in [0.1, 0.15) is 12.4 Å². The summed E-state index contributed by atoms with van der Waals surface area (Å²) in [6.45, 7) is 0.558. The van der Waals surface area contributed by atoms with E-state index in [4.69, 9.17) is 4.74 Å². The van der Waals surface area contributed by atoms with E-state index in [1.165, 1.54) is 12.8 Å². The zero-order chi connectivity index (χ0) is 11.5. The smallest absolute Gasteiger partial charge is 0.216 e. The van der Waals surface area contributed by atoms with Crippen LogP contribution in [-0.2, 0) is 6.61 Å². The van der Waals surface area contributed by atoms with Gasteiger partial charge in [-0.05, 0) is 18.4 Å². The third kappa shape index (κ3) is 2.61. The molecule has 86 valence electrons. The number of hydrogen-bond donors (Lipinski definition) is 0. The molecule has 3 nitrogen and oxygen atoms in total. The van der Waals surface area contributed by atoms with Crippen molar-refractivity contribution in [3.63, 3.8) is 0 Å². The molecule has 3 heteroatoms. The lowest BCUT2D eigenvalue weighted by atomic mass is 10.2. The Balaban J connectivity index is 1.66. The van der Waals surface area contributed by atoms with Gasteiger partial charge in [-0.15, -0.1) is 0 Å². The van der Waals surface area contributed by atoms with Gasteiger partial charge in [0, 0.05) is 18.2 Å². The van der Waals surface area contributed by atoms with Gasteiger partial charge in [0.05, 0.1) is 0 Å². The highest BCUT2D eigenvalue weighted by Crippen LogP contribution is 2.38. The van der Waals surface area contributed by atoms with E-state index in [9.17, 15) is 0 Å². The minimum atomic E-state index is 0.558. The average molecular weight is 226 g/mol. The molecule has 0 spiro atoms. The molecule has 3 rings (SSSR count). The summed E-state index contributed by atoms with van der Waals surface area (Å²) in [7, 11) is 0. The zero-order valence-corrected chi connectivity index (χ0v) is 9.54. The normalized spacial score (nSPS) is 14.6. The van der Waals surface area contributed by atoms with Crippen molar-refractivity contribution in [1.29, 1.82) is 0 Å². The Labute approximate surface area is 100 Å². The molecular weight excluding hydrogens is 212 g/mol. The number of aromatic nitrogens is 2. The molecule has 1 heterocycles. The second-order valence-electron chi connectivity index (χ2n) is 4.30. The van der Waals surface area contributed by atoms with E-state index in [1.54, 1.807) is 6.20 Å². The Morgan fingerprint density at radius 3 is 2.71 bits per heavy atom. The standard InChI is InChI=1S/C14H14N2O/c1-2-4-11(5-3-1)10-17-13-8-9-15-14(16-13)12-6-7-12/h1-5,8-9,12H,6-7,10H2. The van der Waals surface area contributed by atoms with Gasteiger partial charge < -0.3 is 4.74 Å². The van der Waals surface area contributed by atoms with Crippen LogP contribution in [0, 0.1) is 0 Å². The molecule has 1 fully saturated rings. The van der Waals surface area contributed by atoms with Crippen molar-refractivity contribution in [3.8, 4) is 5.88 Å². The summed E-state index contributed by atoms with van der Waals surface area (Å²) < 4.78 is 5.66. The molecule has 1 saturated carbocycles. The Morgan fingerprint density at radius 2 is 1.94 bits per heavy atom. The van der Waals surface area contributed by atoms with Gasteiger partial charge in [-0.2, -0.15) is 4.98 Å². The lowest BCUT2D eigenvalue weighted by molar-refractivity contribution is 0.292. The first-order valence-corrected chi connectivity index (χ1v) is 5.91. The van der Waals surface area contributed by atoms with Gasteiger partial charge in [0.2, 0.25) is 5.88 Å². The van der Waals surface area contributed by atoms with Crippen molar-refractivity contribution < 1.29 is 4.74 Å². The summed E-state index contributed by atoms with van der Waals surface area (Å²) in [5.74, 6) is 2.16. The van der Waals surface area contributed by atoms with Crippen LogP contribution in [0.2, 0.25) is 0 Å². The third-order valence-electron chi connectivity index (χ3n) is 2.82. The molecule has 1 aliphatic carbocycles. The SMILES string of the molecule is c1ccc(COc2ccnc(C3CC3)n2)cc1. The van der Waals surface area contributed by atoms with Crippen LogP contribution in [0.15, 0.2) is 42.6 Å². The van der Waals surface area contributed by atoms with Crippen LogP contribution in [0.4, 0.5) is 0 Å². The van der Waals surface area contributed by atoms with E-state index in [1.807, 2.05) is 36.4 Å². The molecule has 0 amide bonds. The van der Waals surface area contributed by atoms with E-state index >= 15 is 0 Å². The number of ether oxygens (including phenoxy) is 1. The van der Waals surface area contributed by atoms with Crippen molar-refractivity contribution in [2.24, 2.45) is 0 Å². The summed E-state index contributed by atoms with van der Waals surface area (Å²) in [4.78, 5) is 8.68. The van der Waals surface area contributed by atoms with Crippen molar-refractivity contribution in [2.75, 3.05) is 0 Å². The van der Waals surface area contributed by atoms with Crippen molar-refractivity contribution >= 4 is 0 Å². The lowest BCUT2D eigenvalue weighted by Crippen LogP contribution is -1.99. The maximum Gasteiger partial charge on any atom is 0.216 e. The van der Waals surface area contributed by atoms with E-state index < -0.39 is 0 Å². The first kappa shape index (κ1) is 10.3. The van der Waals surface area contributed by atoms with Crippen LogP contribution >= 0.6 is 0 Å². The quantitative estimate of drug-likeness (QED) is 0.804. The highest BCUT2D eigenvalue weighted by molar-refractivity contribution is 5.17. The number of rotatable bonds is 4. The first-order valence-electron chi connectivity index (χ1n) is 5.91. The van der Waals surface area contributed by atoms with Crippen LogP contribution in [-0.4, -0.2) is 9.97 Å². The van der Waals surface area contributed by atoms with Gasteiger partial charge in [0.25, 0.3) is 0 Å². The summed E-state index contributed by atoms with van der Waals surface area (Å²) in [6.07, 6.45) is 4.20. The monoisotopic (exact) mass is 226 g/mol. The van der Waals surface area contributed by atoms with Crippen molar-refractivity contribution in [1.82, 2.24) is 9.97 Å². The van der Waals surface area contributed by atoms with Crippen LogP contribution in [0.5, 0.6) is 5.88 Å². The molecule has 1 aliphatic rings. The fourth-order valence-corrected chi connectivity index (χ4v) is 1.71. The predicted molar refractivity (Wildman–Crippen MR) is 64.8 cm³/mol. The molecule has 0 bridgehead atoms. The van der Waals surface area contributed by atoms with Crippen LogP contribution < -0.4 is 4.74 Å². The first-order chi connectivity index (χ1) is 8.42. The van der Waals surface area contributed by atoms with Crippen LogP contribution in [0.3, 0.4) is 0 Å². The maximum atomic E-state index is 5.66. The number of nitrogens with zero attached hydrogens (tertiary/aromatic N) is 2. The van der Waals surface area contributed by atoms with Gasteiger partial charge in [-0.1, -0.05) is 30.3 Å². The van der Waals surface area contributed by atoms with Gasteiger partial charge in [-0.25, -0.2) is 4.98 Å². The Bertz CT molecular complexity index is 495. The topological polar surface area (TPSA) is 35.0 Å². The highest BCUT2D eigenvalue weighted by atomic mass is 16.5. The number of benzene rings is 1. The minimum Gasteiger partial charge on any atom is -0.473 e. The molecule has 0 unspecified atom stereocenters. The van der Waals surface area contributed by atoms with Crippen LogP contribution in [0.1, 0.15) is 30.1 Å². The molecule has 0 atom stereocenters. The second kappa shape index (κ2) is 4.53. The molecular formula is C14H14N2O. The summed E-state index contributed by atoms with van der Waals surface area (Å²) in [5, 5.41) is 0. The Kier molecular flexibility index (Phi) is 2.74. The predicted octanol–water partition coefficient (Wildman–Crippen LogP) is 2.93. The molecule has 0 saturated heterocycles. The van der Waals surface area contributed by atoms with E-state index in [-0.39, 0.29) is 0 Å². The molecule has 0 radical (unpaired) electrons. The largest absolute Gasteiger partial charge is 0.473 e. The minimum absolute atomic E-state index is 0.558. The fraction of sp³-hybridized carbons (Fsp3) is 0.286. The van der Waals surface area contributed by atoms with E-state index in [2.05, 4.69) is 9.97 Å². The van der Waals surface area contributed by atoms with Crippen LogP contribution in [0.25, 0.3) is 0 Å². The van der Waals surface area contributed by atoms with Gasteiger partial charge in [-0.3, -0.25) is 0 Å². The highest BCUT2D eigenvalue weighted by Gasteiger charge is 2.26. The summed E-state index contributed by atoms with van der Waals surface area (Å²) in [6, 6.07) is 11.9. The number of hydrogen-bond acceptors (Lipinski definition) is 3. The van der Waals surface area contributed by atoms with E-state index in [0.29, 0.717) is 18.4 Å². The summed E-state index contributed by atoms with van der Waals surface area (Å²) >= 11 is 0. The molecule has 1 aromatic carbocycles. The second-order valence-corrected chi connectivity index (χ2v) is 4.30. The maximum absolute atomic E-state index is 5.66. The zero-order valence-electron chi connectivity index (χ0n) is 9.54.